The van der Waals surface area contributed by atoms with Crippen molar-refractivity contribution < 1.29 is 13.2 Å². The lowest BCUT2D eigenvalue weighted by Crippen LogP contribution is -2.23. The molecule has 0 unspecified atom stereocenters. The van der Waals surface area contributed by atoms with Crippen LogP contribution in [-0.4, -0.2) is 38.5 Å². The average Bonchev–Trinajstić information content (AvgIpc) is 3.43. The molecule has 1 amide bonds. The number of fused-ring (bicyclic) bond motifs is 2. The molecule has 1 N–H and O–H groups in total. The molecule has 0 aliphatic heterocycles. The fraction of sp³-hybridized carbons (Fsp3) is 0.0909. The number of hydrogen-bond acceptors (Lipinski definition) is 6. The zero-order valence-corrected chi connectivity index (χ0v) is 17.8. The van der Waals surface area contributed by atoms with Gasteiger partial charge in [0.05, 0.1) is 27.1 Å². The number of benzene rings is 2. The Morgan fingerprint density at radius 2 is 1.81 bits per heavy atom. The van der Waals surface area contributed by atoms with Crippen LogP contribution in [0.5, 0.6) is 0 Å². The van der Waals surface area contributed by atoms with E-state index < -0.39 is 9.84 Å². The molecule has 5 rings (SSSR count). The number of nitrogens with one attached hydrogen (secondary N) is 1. The molecule has 0 bridgehead atoms. The molecule has 9 nitrogen and oxygen atoms in total. The predicted molar refractivity (Wildman–Crippen MR) is 117 cm³/mol. The van der Waals surface area contributed by atoms with Crippen LogP contribution in [-0.2, 0) is 23.4 Å². The number of sulfone groups is 1. The van der Waals surface area contributed by atoms with E-state index in [1.165, 1.54) is 6.20 Å². The second-order valence-corrected chi connectivity index (χ2v) is 9.25. The summed E-state index contributed by atoms with van der Waals surface area (Å²) in [5.41, 5.74) is 2.04. The van der Waals surface area contributed by atoms with E-state index in [-0.39, 0.29) is 22.2 Å². The van der Waals surface area contributed by atoms with Crippen molar-refractivity contribution in [3.63, 3.8) is 0 Å². The Kier molecular flexibility index (Phi) is 4.71. The van der Waals surface area contributed by atoms with Gasteiger partial charge in [0.15, 0.2) is 0 Å². The Bertz CT molecular complexity index is 1570. The molecule has 3 heterocycles. The van der Waals surface area contributed by atoms with Crippen LogP contribution in [0.25, 0.3) is 16.7 Å². The Morgan fingerprint density at radius 3 is 2.62 bits per heavy atom. The van der Waals surface area contributed by atoms with E-state index in [9.17, 15) is 13.2 Å². The maximum absolute atomic E-state index is 13.0. The van der Waals surface area contributed by atoms with Crippen molar-refractivity contribution in [3.05, 3.63) is 84.6 Å². The SMILES string of the molecule is Cn1ncc2cc(S(=O)(=O)c3ccc(CNC(=O)c4cnc5nccn5c4)cc3)ccc21. The van der Waals surface area contributed by atoms with Gasteiger partial charge in [-0.15, -0.1) is 0 Å². The van der Waals surface area contributed by atoms with Crippen LogP contribution in [0.1, 0.15) is 15.9 Å². The van der Waals surface area contributed by atoms with Gasteiger partial charge in [0.25, 0.3) is 5.91 Å². The largest absolute Gasteiger partial charge is 0.348 e. The molecule has 3 aromatic heterocycles. The summed E-state index contributed by atoms with van der Waals surface area (Å²) in [5.74, 6) is 0.232. The molecular formula is C22H18N6O3S. The summed E-state index contributed by atoms with van der Waals surface area (Å²) in [6, 6.07) is 11.4. The highest BCUT2D eigenvalue weighted by Crippen LogP contribution is 2.24. The minimum Gasteiger partial charge on any atom is -0.348 e. The van der Waals surface area contributed by atoms with E-state index in [1.807, 2.05) is 0 Å². The van der Waals surface area contributed by atoms with Gasteiger partial charge in [-0.2, -0.15) is 5.10 Å². The molecule has 10 heteroatoms. The molecular weight excluding hydrogens is 428 g/mol. The molecule has 0 aliphatic rings. The first-order valence-electron chi connectivity index (χ1n) is 9.74. The second-order valence-electron chi connectivity index (χ2n) is 7.30. The van der Waals surface area contributed by atoms with E-state index in [0.717, 1.165) is 16.5 Å². The molecule has 0 fully saturated rings. The molecule has 0 radical (unpaired) electrons. The summed E-state index contributed by atoms with van der Waals surface area (Å²) >= 11 is 0. The molecule has 0 saturated carbocycles. The van der Waals surface area contributed by atoms with Crippen LogP contribution < -0.4 is 5.32 Å². The van der Waals surface area contributed by atoms with Crippen molar-refractivity contribution in [3.8, 4) is 0 Å². The Morgan fingerprint density at radius 1 is 1.03 bits per heavy atom. The van der Waals surface area contributed by atoms with Crippen LogP contribution in [0.3, 0.4) is 0 Å². The third-order valence-electron chi connectivity index (χ3n) is 5.22. The summed E-state index contributed by atoms with van der Waals surface area (Å²) in [5, 5.41) is 7.72. The Hall–Kier alpha value is -4.05. The van der Waals surface area contributed by atoms with Gasteiger partial charge in [0.2, 0.25) is 15.6 Å². The standard InChI is InChI=1S/C22H18N6O3S/c1-27-20-7-6-19(10-16(20)13-26-27)32(30,31)18-4-2-15(3-5-18)11-24-21(29)17-12-25-22-23-8-9-28(22)14-17/h2-10,12-14H,11H2,1H3,(H,24,29). The number of carbonyl (C=O) groups is 1. The minimum atomic E-state index is -3.67. The fourth-order valence-corrected chi connectivity index (χ4v) is 4.75. The summed E-state index contributed by atoms with van der Waals surface area (Å²) in [4.78, 5) is 21.0. The lowest BCUT2D eigenvalue weighted by Gasteiger charge is -2.08. The molecule has 32 heavy (non-hydrogen) atoms. The third kappa shape index (κ3) is 3.50. The van der Waals surface area contributed by atoms with Gasteiger partial charge in [0, 0.05) is 43.8 Å². The number of aromatic nitrogens is 5. The van der Waals surface area contributed by atoms with Crippen LogP contribution in [0.4, 0.5) is 0 Å². The summed E-state index contributed by atoms with van der Waals surface area (Å²) in [6.45, 7) is 0.253. The highest BCUT2D eigenvalue weighted by atomic mass is 32.2. The quantitative estimate of drug-likeness (QED) is 0.444. The molecule has 0 aliphatic carbocycles. The van der Waals surface area contributed by atoms with Crippen molar-refractivity contribution >= 4 is 32.4 Å². The number of aryl methyl sites for hydroxylation is 1. The highest BCUT2D eigenvalue weighted by molar-refractivity contribution is 7.91. The van der Waals surface area contributed by atoms with Gasteiger partial charge in [-0.1, -0.05) is 12.1 Å². The Balaban J connectivity index is 1.31. The smallest absolute Gasteiger partial charge is 0.254 e. The van der Waals surface area contributed by atoms with Gasteiger partial charge in [-0.25, -0.2) is 18.4 Å². The molecule has 5 aromatic rings. The molecule has 0 atom stereocenters. The number of hydrogen-bond donors (Lipinski definition) is 1. The fourth-order valence-electron chi connectivity index (χ4n) is 3.45. The zero-order valence-electron chi connectivity index (χ0n) is 17.0. The maximum Gasteiger partial charge on any atom is 0.254 e. The van der Waals surface area contributed by atoms with Gasteiger partial charge in [-0.3, -0.25) is 13.9 Å². The third-order valence-corrected chi connectivity index (χ3v) is 6.99. The van der Waals surface area contributed by atoms with Gasteiger partial charge in [0.1, 0.15) is 0 Å². The zero-order chi connectivity index (χ0) is 22.3. The minimum absolute atomic E-state index is 0.186. The van der Waals surface area contributed by atoms with Crippen molar-refractivity contribution in [2.75, 3.05) is 0 Å². The van der Waals surface area contributed by atoms with E-state index in [1.54, 1.807) is 83.4 Å². The summed E-state index contributed by atoms with van der Waals surface area (Å²) in [7, 11) is -1.86. The van der Waals surface area contributed by atoms with Crippen LogP contribution in [0.2, 0.25) is 0 Å². The van der Waals surface area contributed by atoms with Gasteiger partial charge < -0.3 is 5.32 Å². The van der Waals surface area contributed by atoms with E-state index in [4.69, 9.17) is 0 Å². The number of nitrogens with zero attached hydrogens (tertiary/aromatic N) is 5. The monoisotopic (exact) mass is 446 g/mol. The van der Waals surface area contributed by atoms with Crippen LogP contribution in [0.15, 0.2) is 83.2 Å². The number of imidazole rings is 1. The van der Waals surface area contributed by atoms with E-state index >= 15 is 0 Å². The van der Waals surface area contributed by atoms with Crippen molar-refractivity contribution in [2.24, 2.45) is 7.05 Å². The van der Waals surface area contributed by atoms with Crippen molar-refractivity contribution in [2.45, 2.75) is 16.3 Å². The van der Waals surface area contributed by atoms with E-state index in [2.05, 4.69) is 20.4 Å². The van der Waals surface area contributed by atoms with Gasteiger partial charge in [-0.05, 0) is 35.9 Å². The highest BCUT2D eigenvalue weighted by Gasteiger charge is 2.18. The van der Waals surface area contributed by atoms with E-state index in [0.29, 0.717) is 11.3 Å². The number of rotatable bonds is 5. The molecule has 160 valence electrons. The second kappa shape index (κ2) is 7.57. The topological polar surface area (TPSA) is 111 Å². The molecule has 2 aromatic carbocycles. The lowest BCUT2D eigenvalue weighted by atomic mass is 10.2. The first-order valence-corrected chi connectivity index (χ1v) is 11.2. The number of amides is 1. The first kappa shape index (κ1) is 19.9. The lowest BCUT2D eigenvalue weighted by molar-refractivity contribution is 0.0950. The number of carbonyl (C=O) groups excluding carboxylic acids is 1. The predicted octanol–water partition coefficient (Wildman–Crippen LogP) is 2.38. The summed E-state index contributed by atoms with van der Waals surface area (Å²) in [6.07, 6.45) is 8.07. The van der Waals surface area contributed by atoms with Crippen molar-refractivity contribution in [1.29, 1.82) is 0 Å². The maximum atomic E-state index is 13.0. The normalized spacial score (nSPS) is 11.8. The van der Waals surface area contributed by atoms with Gasteiger partial charge >= 0.3 is 0 Å². The average molecular weight is 446 g/mol. The molecule has 0 saturated heterocycles. The summed E-state index contributed by atoms with van der Waals surface area (Å²) < 4.78 is 29.4. The van der Waals surface area contributed by atoms with Crippen LogP contribution >= 0.6 is 0 Å². The Labute approximate surface area is 183 Å². The molecule has 0 spiro atoms. The van der Waals surface area contributed by atoms with Crippen molar-refractivity contribution in [1.82, 2.24) is 29.5 Å². The first-order chi connectivity index (χ1) is 15.4. The van der Waals surface area contributed by atoms with Crippen LogP contribution in [0, 0.1) is 0 Å².